The molecule has 5 nitrogen and oxygen atoms in total. The number of furan rings is 1. The van der Waals surface area contributed by atoms with Crippen molar-refractivity contribution in [2.24, 2.45) is 7.05 Å². The maximum atomic E-state index is 12.4. The summed E-state index contributed by atoms with van der Waals surface area (Å²) < 4.78 is 13.9. The first-order valence-electron chi connectivity index (χ1n) is 8.24. The molecule has 7 heteroatoms. The largest absolute Gasteiger partial charge is 0.484 e. The molecule has 27 heavy (non-hydrogen) atoms. The molecule has 0 aliphatic carbocycles. The predicted octanol–water partition coefficient (Wildman–Crippen LogP) is 5.52. The van der Waals surface area contributed by atoms with E-state index >= 15 is 0 Å². The number of benzene rings is 1. The Morgan fingerprint density at radius 1 is 1.33 bits per heavy atom. The maximum Gasteiger partial charge on any atom is 0.189 e. The number of carbonyl (C=O) groups is 1. The molecule has 1 aromatic carbocycles. The number of carbonyl (C=O) groups excluding carboxylic acids is 1. The lowest BCUT2D eigenvalue weighted by Gasteiger charge is -2.06. The topological polar surface area (TPSA) is 57.3 Å². The number of ketones is 1. The zero-order chi connectivity index (χ0) is 19.6. The van der Waals surface area contributed by atoms with Crippen LogP contribution in [-0.4, -0.2) is 15.6 Å². The van der Waals surface area contributed by atoms with Gasteiger partial charge in [-0.3, -0.25) is 9.48 Å². The van der Waals surface area contributed by atoms with Crippen molar-refractivity contribution < 1.29 is 13.9 Å². The van der Waals surface area contributed by atoms with E-state index in [4.69, 9.17) is 20.8 Å². The van der Waals surface area contributed by atoms with Crippen LogP contribution in [0.15, 0.2) is 45.3 Å². The van der Waals surface area contributed by atoms with E-state index in [0.29, 0.717) is 33.6 Å². The van der Waals surface area contributed by atoms with E-state index in [2.05, 4.69) is 21.0 Å². The highest BCUT2D eigenvalue weighted by atomic mass is 79.9. The molecule has 0 spiro atoms. The fourth-order valence-corrected chi connectivity index (χ4v) is 3.40. The average molecular weight is 450 g/mol. The molecule has 3 rings (SSSR count). The summed E-state index contributed by atoms with van der Waals surface area (Å²) >= 11 is 9.48. The minimum Gasteiger partial charge on any atom is -0.484 e. The summed E-state index contributed by atoms with van der Waals surface area (Å²) in [6, 6.07) is 8.99. The zero-order valence-electron chi connectivity index (χ0n) is 15.1. The van der Waals surface area contributed by atoms with E-state index < -0.39 is 0 Å². The van der Waals surface area contributed by atoms with Crippen molar-refractivity contribution >= 4 is 39.4 Å². The molecule has 0 unspecified atom stereocenters. The molecule has 0 aliphatic heterocycles. The number of aromatic nitrogens is 2. The van der Waals surface area contributed by atoms with Crippen LogP contribution in [-0.2, 0) is 13.7 Å². The molecule has 0 saturated heterocycles. The first-order valence-corrected chi connectivity index (χ1v) is 9.41. The molecule has 0 amide bonds. The van der Waals surface area contributed by atoms with Crippen LogP contribution in [0.2, 0.25) is 5.02 Å². The number of halogens is 2. The van der Waals surface area contributed by atoms with Gasteiger partial charge < -0.3 is 9.15 Å². The van der Waals surface area contributed by atoms with Crippen LogP contribution in [0.5, 0.6) is 5.75 Å². The number of hydrogen-bond acceptors (Lipinski definition) is 4. The molecule has 0 N–H and O–H groups in total. The van der Waals surface area contributed by atoms with E-state index in [0.717, 1.165) is 10.2 Å². The third-order valence-corrected chi connectivity index (χ3v) is 4.89. The normalized spacial score (nSPS) is 11.3. The van der Waals surface area contributed by atoms with Crippen LogP contribution < -0.4 is 4.74 Å². The first kappa shape index (κ1) is 19.5. The minimum atomic E-state index is -0.103. The third-order valence-electron chi connectivity index (χ3n) is 4.10. The van der Waals surface area contributed by atoms with Gasteiger partial charge in [0.1, 0.15) is 23.9 Å². The maximum absolute atomic E-state index is 12.4. The lowest BCUT2D eigenvalue weighted by atomic mass is 10.1. The summed E-state index contributed by atoms with van der Waals surface area (Å²) in [6.07, 6.45) is 3.14. The molecule has 0 saturated carbocycles. The van der Waals surface area contributed by atoms with Gasteiger partial charge in [-0.25, -0.2) is 0 Å². The Kier molecular flexibility index (Phi) is 5.87. The molecule has 2 heterocycles. The molecule has 0 aliphatic rings. The lowest BCUT2D eigenvalue weighted by molar-refractivity contribution is 0.104. The Morgan fingerprint density at radius 2 is 2.11 bits per heavy atom. The Morgan fingerprint density at radius 3 is 2.78 bits per heavy atom. The van der Waals surface area contributed by atoms with Gasteiger partial charge in [0.15, 0.2) is 5.78 Å². The molecule has 0 bridgehead atoms. The van der Waals surface area contributed by atoms with E-state index in [1.165, 1.54) is 6.08 Å². The van der Waals surface area contributed by atoms with Crippen molar-refractivity contribution in [3.8, 4) is 5.75 Å². The molecular formula is C20H18BrClN2O3. The Balaban J connectivity index is 1.65. The molecular weight excluding hydrogens is 432 g/mol. The highest BCUT2D eigenvalue weighted by molar-refractivity contribution is 9.10. The molecule has 140 valence electrons. The molecule has 3 aromatic rings. The number of aryl methyl sites for hydroxylation is 2. The summed E-state index contributed by atoms with van der Waals surface area (Å²) in [7, 11) is 1.82. The third kappa shape index (κ3) is 4.51. The molecule has 0 atom stereocenters. The van der Waals surface area contributed by atoms with Gasteiger partial charge in [-0.05, 0) is 56.3 Å². The molecule has 0 radical (unpaired) electrons. The van der Waals surface area contributed by atoms with Crippen LogP contribution in [0.4, 0.5) is 0 Å². The highest BCUT2D eigenvalue weighted by Crippen LogP contribution is 2.28. The van der Waals surface area contributed by atoms with Crippen LogP contribution in [0.3, 0.4) is 0 Å². The summed E-state index contributed by atoms with van der Waals surface area (Å²) in [5, 5.41) is 4.78. The number of allylic oxidation sites excluding steroid dienone is 1. The Bertz CT molecular complexity index is 1020. The monoisotopic (exact) mass is 448 g/mol. The quantitative estimate of drug-likeness (QED) is 0.367. The number of nitrogens with zero attached hydrogens (tertiary/aromatic N) is 2. The van der Waals surface area contributed by atoms with Gasteiger partial charge in [0.05, 0.1) is 16.3 Å². The fraction of sp³-hybridized carbons (Fsp3) is 0.200. The second-order valence-electron chi connectivity index (χ2n) is 6.03. The summed E-state index contributed by atoms with van der Waals surface area (Å²) in [4.78, 5) is 12.4. The van der Waals surface area contributed by atoms with Crippen LogP contribution in [0, 0.1) is 13.8 Å². The van der Waals surface area contributed by atoms with Gasteiger partial charge in [-0.1, -0.05) is 27.5 Å². The lowest BCUT2D eigenvalue weighted by Crippen LogP contribution is -1.99. The van der Waals surface area contributed by atoms with Crippen LogP contribution in [0.25, 0.3) is 6.08 Å². The van der Waals surface area contributed by atoms with E-state index in [-0.39, 0.29) is 12.4 Å². The van der Waals surface area contributed by atoms with Gasteiger partial charge in [0, 0.05) is 17.2 Å². The van der Waals surface area contributed by atoms with Crippen molar-refractivity contribution in [3.05, 3.63) is 74.4 Å². The smallest absolute Gasteiger partial charge is 0.189 e. The summed E-state index contributed by atoms with van der Waals surface area (Å²) in [6.45, 7) is 3.93. The number of hydrogen-bond donors (Lipinski definition) is 0. The van der Waals surface area contributed by atoms with Crippen molar-refractivity contribution in [2.75, 3.05) is 0 Å². The standard InChI is InChI=1S/C20H18BrClN2O3/c1-12-20(13(2)24(3)23-12)18(25)8-7-15-5-6-16(27-15)11-26-19-9-4-14(21)10-17(19)22/h4-10H,11H2,1-3H3/b8-7+. The zero-order valence-corrected chi connectivity index (χ0v) is 17.5. The second-order valence-corrected chi connectivity index (χ2v) is 7.36. The van der Waals surface area contributed by atoms with E-state index in [1.807, 2.05) is 27.0 Å². The average Bonchev–Trinajstić information content (AvgIpc) is 3.16. The molecule has 2 aromatic heterocycles. The van der Waals surface area contributed by atoms with Crippen molar-refractivity contribution in [1.29, 1.82) is 0 Å². The number of ether oxygens (including phenoxy) is 1. The SMILES string of the molecule is Cc1nn(C)c(C)c1C(=O)/C=C/c1ccc(COc2ccc(Br)cc2Cl)o1. The minimum absolute atomic E-state index is 0.103. The van der Waals surface area contributed by atoms with Gasteiger partial charge in [0.2, 0.25) is 0 Å². The number of rotatable bonds is 6. The summed E-state index contributed by atoms with van der Waals surface area (Å²) in [5.74, 6) is 1.68. The van der Waals surface area contributed by atoms with Crippen LogP contribution in [0.1, 0.15) is 33.3 Å². The Hall–Kier alpha value is -2.31. The Labute approximate surface area is 170 Å². The van der Waals surface area contributed by atoms with Gasteiger partial charge >= 0.3 is 0 Å². The molecule has 0 fully saturated rings. The van der Waals surface area contributed by atoms with Gasteiger partial charge in [-0.15, -0.1) is 0 Å². The van der Waals surface area contributed by atoms with Crippen LogP contribution >= 0.6 is 27.5 Å². The van der Waals surface area contributed by atoms with Crippen molar-refractivity contribution in [1.82, 2.24) is 9.78 Å². The second kappa shape index (κ2) is 8.15. The van der Waals surface area contributed by atoms with Crippen molar-refractivity contribution in [2.45, 2.75) is 20.5 Å². The van der Waals surface area contributed by atoms with Crippen molar-refractivity contribution in [3.63, 3.8) is 0 Å². The fourth-order valence-electron chi connectivity index (χ4n) is 2.67. The van der Waals surface area contributed by atoms with E-state index in [9.17, 15) is 4.79 Å². The first-order chi connectivity index (χ1) is 12.8. The van der Waals surface area contributed by atoms with Gasteiger partial charge in [0.25, 0.3) is 0 Å². The van der Waals surface area contributed by atoms with Gasteiger partial charge in [-0.2, -0.15) is 5.10 Å². The van der Waals surface area contributed by atoms with E-state index in [1.54, 1.807) is 35.0 Å². The highest BCUT2D eigenvalue weighted by Gasteiger charge is 2.15. The predicted molar refractivity (Wildman–Crippen MR) is 108 cm³/mol. The summed E-state index contributed by atoms with van der Waals surface area (Å²) in [5.41, 5.74) is 2.17.